The largest absolute Gasteiger partial charge is 0.455 e. The van der Waals surface area contributed by atoms with E-state index < -0.39 is 5.97 Å². The molecule has 0 saturated carbocycles. The van der Waals surface area contributed by atoms with Gasteiger partial charge in [0.05, 0.1) is 5.56 Å². The second-order valence-corrected chi connectivity index (χ2v) is 4.37. The summed E-state index contributed by atoms with van der Waals surface area (Å²) in [4.78, 5) is 15.7. The van der Waals surface area contributed by atoms with E-state index in [4.69, 9.17) is 16.2 Å². The quantitative estimate of drug-likeness (QED) is 0.637. The monoisotopic (exact) mass is 249 g/mol. The van der Waals surface area contributed by atoms with Crippen molar-refractivity contribution in [3.8, 4) is 0 Å². The van der Waals surface area contributed by atoms with E-state index in [0.29, 0.717) is 16.9 Å². The second kappa shape index (κ2) is 4.84. The molecule has 0 radical (unpaired) electrons. The molecule has 5 nitrogen and oxygen atoms in total. The molecule has 0 atom stereocenters. The van der Waals surface area contributed by atoms with E-state index in [9.17, 15) is 4.79 Å². The summed E-state index contributed by atoms with van der Waals surface area (Å²) in [6, 6.07) is 4.64. The zero-order valence-electron chi connectivity index (χ0n) is 8.92. The number of nitrogen functional groups attached to an aromatic ring is 2. The fraction of sp³-hybridized carbons (Fsp3) is 0.0909. The average molecular weight is 249 g/mol. The number of carbonyl (C=O) groups is 1. The Kier molecular flexibility index (Phi) is 3.24. The number of aromatic nitrogens is 1. The molecule has 2 aromatic rings. The summed E-state index contributed by atoms with van der Waals surface area (Å²) in [7, 11) is 0. The average Bonchev–Trinajstić information content (AvgIpc) is 2.77. The first-order chi connectivity index (χ1) is 8.15. The van der Waals surface area contributed by atoms with Gasteiger partial charge in [0.2, 0.25) is 0 Å². The predicted octanol–water partition coefficient (Wildman–Crippen LogP) is 1.66. The molecule has 4 N–H and O–H groups in total. The van der Waals surface area contributed by atoms with E-state index in [2.05, 4.69) is 4.98 Å². The number of anilines is 2. The SMILES string of the molecule is Nc1cc(N)cc(C(=O)OCc2nccs2)c1. The van der Waals surface area contributed by atoms with Crippen LogP contribution in [-0.4, -0.2) is 11.0 Å². The lowest BCUT2D eigenvalue weighted by molar-refractivity contribution is 0.0472. The van der Waals surface area contributed by atoms with E-state index in [0.717, 1.165) is 5.01 Å². The highest BCUT2D eigenvalue weighted by atomic mass is 32.1. The van der Waals surface area contributed by atoms with Crippen LogP contribution in [0.15, 0.2) is 29.8 Å². The highest BCUT2D eigenvalue weighted by molar-refractivity contribution is 7.09. The minimum atomic E-state index is -0.459. The number of esters is 1. The summed E-state index contributed by atoms with van der Waals surface area (Å²) >= 11 is 1.43. The molecular formula is C11H11N3O2S. The Morgan fingerprint density at radius 3 is 2.59 bits per heavy atom. The molecule has 1 aromatic heterocycles. The molecule has 1 aromatic carbocycles. The molecular weight excluding hydrogens is 238 g/mol. The van der Waals surface area contributed by atoms with Gasteiger partial charge in [0, 0.05) is 23.0 Å². The number of nitrogens with two attached hydrogens (primary N) is 2. The first-order valence-electron chi connectivity index (χ1n) is 4.86. The summed E-state index contributed by atoms with van der Waals surface area (Å²) in [5.41, 5.74) is 12.4. The molecule has 0 aliphatic heterocycles. The molecule has 0 saturated heterocycles. The van der Waals surface area contributed by atoms with Gasteiger partial charge in [-0.3, -0.25) is 0 Å². The van der Waals surface area contributed by atoms with Crippen LogP contribution in [0.1, 0.15) is 15.4 Å². The van der Waals surface area contributed by atoms with Crippen LogP contribution in [0.5, 0.6) is 0 Å². The van der Waals surface area contributed by atoms with Crippen LogP contribution in [0.2, 0.25) is 0 Å². The molecule has 17 heavy (non-hydrogen) atoms. The third kappa shape index (κ3) is 2.94. The summed E-state index contributed by atoms with van der Waals surface area (Å²) in [6.45, 7) is 0.158. The molecule has 0 aliphatic rings. The number of rotatable bonds is 3. The van der Waals surface area contributed by atoms with Crippen LogP contribution in [0.3, 0.4) is 0 Å². The van der Waals surface area contributed by atoms with Gasteiger partial charge in [-0.1, -0.05) is 0 Å². The number of benzene rings is 1. The van der Waals surface area contributed by atoms with Gasteiger partial charge >= 0.3 is 5.97 Å². The Labute approximate surface area is 102 Å². The number of carbonyl (C=O) groups excluding carboxylic acids is 1. The summed E-state index contributed by atoms with van der Waals surface area (Å²) < 4.78 is 5.08. The smallest absolute Gasteiger partial charge is 0.338 e. The van der Waals surface area contributed by atoms with E-state index in [1.807, 2.05) is 5.38 Å². The van der Waals surface area contributed by atoms with Crippen molar-refractivity contribution < 1.29 is 9.53 Å². The van der Waals surface area contributed by atoms with Crippen molar-refractivity contribution >= 4 is 28.7 Å². The van der Waals surface area contributed by atoms with E-state index >= 15 is 0 Å². The zero-order valence-corrected chi connectivity index (χ0v) is 9.74. The minimum absolute atomic E-state index is 0.158. The van der Waals surface area contributed by atoms with Crippen molar-refractivity contribution in [2.75, 3.05) is 11.5 Å². The summed E-state index contributed by atoms with van der Waals surface area (Å²) in [5.74, 6) is -0.459. The van der Waals surface area contributed by atoms with Crippen LogP contribution in [-0.2, 0) is 11.3 Å². The highest BCUT2D eigenvalue weighted by Gasteiger charge is 2.09. The van der Waals surface area contributed by atoms with E-state index in [1.165, 1.54) is 23.5 Å². The third-order valence-electron chi connectivity index (χ3n) is 2.02. The molecule has 1 heterocycles. The molecule has 0 unspecified atom stereocenters. The Morgan fingerprint density at radius 1 is 1.29 bits per heavy atom. The first kappa shape index (κ1) is 11.4. The first-order valence-corrected chi connectivity index (χ1v) is 5.74. The van der Waals surface area contributed by atoms with E-state index in [-0.39, 0.29) is 6.61 Å². The molecule has 0 bridgehead atoms. The summed E-state index contributed by atoms with van der Waals surface area (Å²) in [5, 5.41) is 2.57. The standard InChI is InChI=1S/C11H11N3O2S/c12-8-3-7(4-9(13)5-8)11(15)16-6-10-14-1-2-17-10/h1-5H,6,12-13H2. The molecule has 6 heteroatoms. The maximum absolute atomic E-state index is 11.7. The van der Waals surface area contributed by atoms with Gasteiger partial charge in [-0.05, 0) is 18.2 Å². The van der Waals surface area contributed by atoms with Gasteiger partial charge in [0.15, 0.2) is 0 Å². The van der Waals surface area contributed by atoms with Crippen molar-refractivity contribution in [3.05, 3.63) is 40.3 Å². The van der Waals surface area contributed by atoms with Crippen molar-refractivity contribution in [1.29, 1.82) is 0 Å². The van der Waals surface area contributed by atoms with E-state index in [1.54, 1.807) is 12.3 Å². The number of ether oxygens (including phenoxy) is 1. The lowest BCUT2D eigenvalue weighted by atomic mass is 10.2. The predicted molar refractivity (Wildman–Crippen MR) is 66.5 cm³/mol. The van der Waals surface area contributed by atoms with Gasteiger partial charge < -0.3 is 16.2 Å². The van der Waals surface area contributed by atoms with Crippen LogP contribution >= 0.6 is 11.3 Å². The Morgan fingerprint density at radius 2 is 2.00 bits per heavy atom. The van der Waals surface area contributed by atoms with Gasteiger partial charge in [0.1, 0.15) is 11.6 Å². The van der Waals surface area contributed by atoms with Crippen LogP contribution < -0.4 is 11.5 Å². The lowest BCUT2D eigenvalue weighted by Crippen LogP contribution is -2.06. The molecule has 0 fully saturated rings. The minimum Gasteiger partial charge on any atom is -0.455 e. The van der Waals surface area contributed by atoms with Gasteiger partial charge in [0.25, 0.3) is 0 Å². The second-order valence-electron chi connectivity index (χ2n) is 3.39. The number of thiazole rings is 1. The summed E-state index contributed by atoms with van der Waals surface area (Å²) in [6.07, 6.45) is 1.66. The maximum Gasteiger partial charge on any atom is 0.338 e. The fourth-order valence-electron chi connectivity index (χ4n) is 1.33. The molecule has 88 valence electrons. The van der Waals surface area contributed by atoms with Crippen molar-refractivity contribution in [2.45, 2.75) is 6.61 Å². The lowest BCUT2D eigenvalue weighted by Gasteiger charge is -2.04. The highest BCUT2D eigenvalue weighted by Crippen LogP contribution is 2.15. The zero-order chi connectivity index (χ0) is 12.3. The Hall–Kier alpha value is -2.08. The van der Waals surface area contributed by atoms with Crippen LogP contribution in [0.4, 0.5) is 11.4 Å². The third-order valence-corrected chi connectivity index (χ3v) is 2.78. The molecule has 0 amide bonds. The number of hydrogen-bond donors (Lipinski definition) is 2. The number of hydrogen-bond acceptors (Lipinski definition) is 6. The Bertz CT molecular complexity index is 505. The normalized spacial score (nSPS) is 10.1. The van der Waals surface area contributed by atoms with Gasteiger partial charge in [-0.15, -0.1) is 11.3 Å². The van der Waals surface area contributed by atoms with Crippen molar-refractivity contribution in [2.24, 2.45) is 0 Å². The van der Waals surface area contributed by atoms with Crippen molar-refractivity contribution in [1.82, 2.24) is 4.98 Å². The molecule has 2 rings (SSSR count). The van der Waals surface area contributed by atoms with Crippen molar-refractivity contribution in [3.63, 3.8) is 0 Å². The fourth-order valence-corrected chi connectivity index (χ4v) is 1.86. The topological polar surface area (TPSA) is 91.2 Å². The molecule has 0 spiro atoms. The maximum atomic E-state index is 11.7. The van der Waals surface area contributed by atoms with Gasteiger partial charge in [-0.2, -0.15) is 0 Å². The van der Waals surface area contributed by atoms with Crippen LogP contribution in [0, 0.1) is 0 Å². The van der Waals surface area contributed by atoms with Crippen LogP contribution in [0.25, 0.3) is 0 Å². The number of nitrogens with zero attached hydrogens (tertiary/aromatic N) is 1. The van der Waals surface area contributed by atoms with Gasteiger partial charge in [-0.25, -0.2) is 9.78 Å². The Balaban J connectivity index is 2.04. The molecule has 0 aliphatic carbocycles.